The summed E-state index contributed by atoms with van der Waals surface area (Å²) in [5, 5.41) is 11.7. The van der Waals surface area contributed by atoms with Gasteiger partial charge in [0.05, 0.1) is 6.61 Å². The van der Waals surface area contributed by atoms with E-state index >= 15 is 0 Å². The van der Waals surface area contributed by atoms with Crippen LogP contribution >= 0.6 is 0 Å². The van der Waals surface area contributed by atoms with Gasteiger partial charge in [0.2, 0.25) is 5.91 Å². The van der Waals surface area contributed by atoms with Gasteiger partial charge in [-0.05, 0) is 11.1 Å². The number of hydrogen-bond donors (Lipinski definition) is 2. The molecular formula is C14H17N3O4. The van der Waals surface area contributed by atoms with Crippen LogP contribution in [0.15, 0.2) is 24.3 Å². The fourth-order valence-electron chi connectivity index (χ4n) is 2.06. The first kappa shape index (κ1) is 15.0. The summed E-state index contributed by atoms with van der Waals surface area (Å²) >= 11 is 0. The summed E-state index contributed by atoms with van der Waals surface area (Å²) in [5.74, 6) is -0.777. The number of carbonyl (C=O) groups excluding carboxylic acids is 3. The first-order chi connectivity index (χ1) is 10.0. The quantitative estimate of drug-likeness (QED) is 0.728. The molecule has 0 radical (unpaired) electrons. The molecule has 4 amide bonds. The van der Waals surface area contributed by atoms with Crippen LogP contribution in [-0.2, 0) is 22.7 Å². The normalized spacial score (nSPS) is 14.8. The Morgan fingerprint density at radius 1 is 1.33 bits per heavy atom. The van der Waals surface area contributed by atoms with Crippen LogP contribution in [0.5, 0.6) is 0 Å². The Morgan fingerprint density at radius 3 is 2.67 bits per heavy atom. The van der Waals surface area contributed by atoms with E-state index in [1.54, 1.807) is 18.2 Å². The van der Waals surface area contributed by atoms with Crippen LogP contribution in [0.1, 0.15) is 11.1 Å². The highest BCUT2D eigenvalue weighted by Crippen LogP contribution is 2.08. The molecule has 1 aliphatic heterocycles. The lowest BCUT2D eigenvalue weighted by atomic mass is 10.1. The Bertz CT molecular complexity index is 573. The maximum absolute atomic E-state index is 11.8. The molecule has 0 aliphatic carbocycles. The molecule has 1 aromatic carbocycles. The van der Waals surface area contributed by atoms with Crippen molar-refractivity contribution in [1.29, 1.82) is 0 Å². The van der Waals surface area contributed by atoms with Gasteiger partial charge in [0.1, 0.15) is 13.1 Å². The molecule has 7 nitrogen and oxygen atoms in total. The first-order valence-corrected chi connectivity index (χ1v) is 6.52. The van der Waals surface area contributed by atoms with Crippen LogP contribution in [0.3, 0.4) is 0 Å². The Balaban J connectivity index is 1.87. The average molecular weight is 291 g/mol. The van der Waals surface area contributed by atoms with Crippen LogP contribution in [0, 0.1) is 0 Å². The fourth-order valence-corrected chi connectivity index (χ4v) is 2.06. The highest BCUT2D eigenvalue weighted by Gasteiger charge is 2.34. The molecule has 1 aliphatic rings. The molecule has 7 heteroatoms. The van der Waals surface area contributed by atoms with Crippen molar-refractivity contribution in [2.45, 2.75) is 13.2 Å². The molecule has 0 spiro atoms. The molecule has 0 aromatic heterocycles. The van der Waals surface area contributed by atoms with Crippen molar-refractivity contribution in [2.75, 3.05) is 20.1 Å². The molecule has 21 heavy (non-hydrogen) atoms. The zero-order valence-electron chi connectivity index (χ0n) is 11.7. The molecule has 0 saturated carbocycles. The smallest absolute Gasteiger partial charge is 0.327 e. The van der Waals surface area contributed by atoms with E-state index in [9.17, 15) is 14.4 Å². The fraction of sp³-hybridized carbons (Fsp3) is 0.357. The van der Waals surface area contributed by atoms with Crippen molar-refractivity contribution in [3.05, 3.63) is 35.4 Å². The van der Waals surface area contributed by atoms with E-state index in [-0.39, 0.29) is 32.1 Å². The molecule has 1 fully saturated rings. The summed E-state index contributed by atoms with van der Waals surface area (Å²) in [6.07, 6.45) is 0. The van der Waals surface area contributed by atoms with Gasteiger partial charge in [0.25, 0.3) is 5.91 Å². The van der Waals surface area contributed by atoms with Crippen molar-refractivity contribution >= 4 is 17.8 Å². The molecule has 2 rings (SSSR count). The minimum absolute atomic E-state index is 0.00462. The topological polar surface area (TPSA) is 90.0 Å². The lowest BCUT2D eigenvalue weighted by Gasteiger charge is -2.14. The van der Waals surface area contributed by atoms with Gasteiger partial charge in [0.15, 0.2) is 0 Å². The number of aliphatic hydroxyl groups excluding tert-OH is 1. The minimum Gasteiger partial charge on any atom is -0.392 e. The number of likely N-dealkylation sites (N-methyl/N-ethyl adjacent to an activating group) is 1. The van der Waals surface area contributed by atoms with Crippen LogP contribution < -0.4 is 5.32 Å². The maximum Gasteiger partial charge on any atom is 0.327 e. The predicted molar refractivity (Wildman–Crippen MR) is 74.0 cm³/mol. The van der Waals surface area contributed by atoms with Gasteiger partial charge >= 0.3 is 6.03 Å². The van der Waals surface area contributed by atoms with Gasteiger partial charge in [-0.15, -0.1) is 0 Å². The number of aliphatic hydroxyl groups is 1. The van der Waals surface area contributed by atoms with Gasteiger partial charge in [-0.3, -0.25) is 14.5 Å². The molecule has 112 valence electrons. The molecule has 2 N–H and O–H groups in total. The van der Waals surface area contributed by atoms with E-state index in [4.69, 9.17) is 5.11 Å². The van der Waals surface area contributed by atoms with Crippen LogP contribution in [0.25, 0.3) is 0 Å². The molecule has 1 heterocycles. The second-order valence-electron chi connectivity index (χ2n) is 4.87. The molecule has 1 saturated heterocycles. The summed E-state index contributed by atoms with van der Waals surface area (Å²) in [5.41, 5.74) is 1.60. The first-order valence-electron chi connectivity index (χ1n) is 6.52. The van der Waals surface area contributed by atoms with Gasteiger partial charge < -0.3 is 15.3 Å². The molecule has 0 bridgehead atoms. The highest BCUT2D eigenvalue weighted by atomic mass is 16.3. The second-order valence-corrected chi connectivity index (χ2v) is 4.87. The van der Waals surface area contributed by atoms with Crippen LogP contribution in [0.4, 0.5) is 4.79 Å². The van der Waals surface area contributed by atoms with Crippen LogP contribution in [0.2, 0.25) is 0 Å². The maximum atomic E-state index is 11.8. The number of hydrogen-bond acceptors (Lipinski definition) is 4. The Hall–Kier alpha value is -2.41. The predicted octanol–water partition coefficient (Wildman–Crippen LogP) is -0.311. The summed E-state index contributed by atoms with van der Waals surface area (Å²) in [4.78, 5) is 37.2. The number of urea groups is 1. The lowest BCUT2D eigenvalue weighted by Crippen LogP contribution is -2.40. The number of carbonyl (C=O) groups is 3. The Morgan fingerprint density at radius 2 is 2.05 bits per heavy atom. The number of imide groups is 1. The van der Waals surface area contributed by atoms with Gasteiger partial charge in [-0.2, -0.15) is 0 Å². The lowest BCUT2D eigenvalue weighted by molar-refractivity contribution is -0.130. The molecular weight excluding hydrogens is 274 g/mol. The standard InChI is InChI=1S/C14H17N3O4/c1-16-8-13(20)17(14(16)21)7-12(19)15-6-10-3-2-4-11(5-10)9-18/h2-5,18H,6-9H2,1H3,(H,15,19). The SMILES string of the molecule is CN1CC(=O)N(CC(=O)NCc2cccc(CO)c2)C1=O. The van der Waals surface area contributed by atoms with Gasteiger partial charge in [0, 0.05) is 13.6 Å². The highest BCUT2D eigenvalue weighted by molar-refractivity contribution is 6.04. The van der Waals surface area contributed by atoms with Crippen LogP contribution in [-0.4, -0.2) is 52.9 Å². The van der Waals surface area contributed by atoms with Crippen molar-refractivity contribution in [2.24, 2.45) is 0 Å². The molecule has 0 atom stereocenters. The van der Waals surface area contributed by atoms with E-state index in [0.717, 1.165) is 16.0 Å². The van der Waals surface area contributed by atoms with Crippen molar-refractivity contribution in [3.8, 4) is 0 Å². The monoisotopic (exact) mass is 291 g/mol. The number of nitrogens with one attached hydrogen (secondary N) is 1. The van der Waals surface area contributed by atoms with Gasteiger partial charge in [-0.1, -0.05) is 24.3 Å². The minimum atomic E-state index is -0.461. The Labute approximate surface area is 122 Å². The average Bonchev–Trinajstić information content (AvgIpc) is 2.72. The van der Waals surface area contributed by atoms with Crippen molar-refractivity contribution in [3.63, 3.8) is 0 Å². The molecule has 1 aromatic rings. The van der Waals surface area contributed by atoms with E-state index in [0.29, 0.717) is 0 Å². The third-order valence-electron chi connectivity index (χ3n) is 3.20. The summed E-state index contributed by atoms with van der Waals surface area (Å²) in [6, 6.07) is 6.70. The number of amides is 4. The largest absolute Gasteiger partial charge is 0.392 e. The Kier molecular flexibility index (Phi) is 4.54. The zero-order chi connectivity index (χ0) is 15.4. The number of rotatable bonds is 5. The second kappa shape index (κ2) is 6.36. The number of nitrogens with zero attached hydrogens (tertiary/aromatic N) is 2. The van der Waals surface area contributed by atoms with Crippen molar-refractivity contribution < 1.29 is 19.5 Å². The number of benzene rings is 1. The van der Waals surface area contributed by atoms with E-state index in [2.05, 4.69) is 5.32 Å². The van der Waals surface area contributed by atoms with E-state index in [1.807, 2.05) is 6.07 Å². The van der Waals surface area contributed by atoms with Gasteiger partial charge in [-0.25, -0.2) is 4.79 Å². The summed E-state index contributed by atoms with van der Waals surface area (Å²) in [7, 11) is 1.51. The zero-order valence-corrected chi connectivity index (χ0v) is 11.7. The van der Waals surface area contributed by atoms with Crippen molar-refractivity contribution in [1.82, 2.24) is 15.1 Å². The third kappa shape index (κ3) is 3.57. The summed E-state index contributed by atoms with van der Waals surface area (Å²) in [6.45, 7) is -0.0595. The molecule has 0 unspecified atom stereocenters. The van der Waals surface area contributed by atoms with E-state index in [1.165, 1.54) is 11.9 Å². The van der Waals surface area contributed by atoms with E-state index < -0.39 is 11.9 Å². The summed E-state index contributed by atoms with van der Waals surface area (Å²) < 4.78 is 0. The third-order valence-corrected chi connectivity index (χ3v) is 3.20.